The molecule has 0 aromatic heterocycles. The predicted molar refractivity (Wildman–Crippen MR) is 82.0 cm³/mol. The molecule has 0 amide bonds. The maximum absolute atomic E-state index is 12.2. The van der Waals surface area contributed by atoms with E-state index in [4.69, 9.17) is 0 Å². The van der Waals surface area contributed by atoms with Gasteiger partial charge in [-0.2, -0.15) is 4.31 Å². The van der Waals surface area contributed by atoms with Crippen molar-refractivity contribution in [2.24, 2.45) is 0 Å². The van der Waals surface area contributed by atoms with Crippen LogP contribution in [0.1, 0.15) is 13.8 Å². The van der Waals surface area contributed by atoms with E-state index in [9.17, 15) is 8.42 Å². The minimum Gasteiger partial charge on any atom is -0.207 e. The van der Waals surface area contributed by atoms with Crippen molar-refractivity contribution in [3.63, 3.8) is 0 Å². The van der Waals surface area contributed by atoms with Gasteiger partial charge in [0.25, 0.3) is 0 Å². The molecule has 6 heteroatoms. The first kappa shape index (κ1) is 14.7. The highest BCUT2D eigenvalue weighted by atomic mass is 127. The Kier molecular flexibility index (Phi) is 5.46. The Morgan fingerprint density at radius 1 is 1.06 bits per heavy atom. The first-order chi connectivity index (χ1) is 7.41. The Balaban J connectivity index is 3.26. The van der Waals surface area contributed by atoms with Crippen LogP contribution in [-0.2, 0) is 10.0 Å². The Labute approximate surface area is 124 Å². The Morgan fingerprint density at radius 2 is 1.50 bits per heavy atom. The highest BCUT2D eigenvalue weighted by Crippen LogP contribution is 2.21. The Morgan fingerprint density at radius 3 is 1.88 bits per heavy atom. The van der Waals surface area contributed by atoms with Gasteiger partial charge in [-0.15, -0.1) is 0 Å². The molecule has 0 spiro atoms. The molecule has 0 heterocycles. The molecule has 3 nitrogen and oxygen atoms in total. The van der Waals surface area contributed by atoms with Crippen molar-refractivity contribution in [1.82, 2.24) is 4.31 Å². The molecule has 0 radical (unpaired) electrons. The molecule has 1 aromatic carbocycles. The minimum absolute atomic E-state index is 0.382. The lowest BCUT2D eigenvalue weighted by Crippen LogP contribution is -2.30. The second-order valence-electron chi connectivity index (χ2n) is 3.19. The monoisotopic (exact) mass is 465 g/mol. The summed E-state index contributed by atoms with van der Waals surface area (Å²) in [6, 6.07) is 5.36. The van der Waals surface area contributed by atoms with E-state index in [1.807, 2.05) is 19.9 Å². The molecule has 0 atom stereocenters. The van der Waals surface area contributed by atoms with Gasteiger partial charge in [0, 0.05) is 20.2 Å². The molecular formula is C10H13I2NO2S. The number of halogens is 2. The molecule has 0 aliphatic rings. The van der Waals surface area contributed by atoms with Gasteiger partial charge in [-0.25, -0.2) is 8.42 Å². The van der Waals surface area contributed by atoms with Gasteiger partial charge in [0.2, 0.25) is 10.0 Å². The topological polar surface area (TPSA) is 37.4 Å². The largest absolute Gasteiger partial charge is 0.243 e. The Hall–Kier alpha value is 0.590. The van der Waals surface area contributed by atoms with Gasteiger partial charge < -0.3 is 0 Å². The fourth-order valence-electron chi connectivity index (χ4n) is 1.39. The molecule has 0 saturated heterocycles. The van der Waals surface area contributed by atoms with E-state index < -0.39 is 10.0 Å². The highest BCUT2D eigenvalue weighted by Gasteiger charge is 2.21. The van der Waals surface area contributed by atoms with E-state index in [1.165, 1.54) is 4.31 Å². The van der Waals surface area contributed by atoms with Crippen LogP contribution in [0.5, 0.6) is 0 Å². The van der Waals surface area contributed by atoms with Gasteiger partial charge in [0.1, 0.15) is 0 Å². The SMILES string of the molecule is CCN(CC)S(=O)(=O)c1cc(I)cc(I)c1. The standard InChI is InChI=1S/C10H13I2NO2S/c1-3-13(4-2)16(14,15)10-6-8(11)5-9(12)7-10/h5-7H,3-4H2,1-2H3. The Bertz CT molecular complexity index is 449. The van der Waals surface area contributed by atoms with Crippen LogP contribution < -0.4 is 0 Å². The zero-order valence-electron chi connectivity index (χ0n) is 9.07. The van der Waals surface area contributed by atoms with Crippen LogP contribution in [-0.4, -0.2) is 25.8 Å². The molecule has 0 unspecified atom stereocenters. The van der Waals surface area contributed by atoms with Crippen molar-refractivity contribution in [3.8, 4) is 0 Å². The average Bonchev–Trinajstić information content (AvgIpc) is 2.17. The zero-order chi connectivity index (χ0) is 12.3. The summed E-state index contributed by atoms with van der Waals surface area (Å²) in [6.45, 7) is 4.70. The smallest absolute Gasteiger partial charge is 0.207 e. The number of rotatable bonds is 4. The van der Waals surface area contributed by atoms with Gasteiger partial charge in [-0.3, -0.25) is 0 Å². The van der Waals surface area contributed by atoms with Crippen molar-refractivity contribution >= 4 is 55.2 Å². The maximum atomic E-state index is 12.2. The lowest BCUT2D eigenvalue weighted by atomic mass is 10.4. The highest BCUT2D eigenvalue weighted by molar-refractivity contribution is 14.1. The van der Waals surface area contributed by atoms with Crippen LogP contribution in [0.4, 0.5) is 0 Å². The second kappa shape index (κ2) is 5.96. The number of hydrogen-bond acceptors (Lipinski definition) is 2. The van der Waals surface area contributed by atoms with Crippen LogP contribution in [0.15, 0.2) is 23.1 Å². The van der Waals surface area contributed by atoms with Gasteiger partial charge in [0.05, 0.1) is 4.90 Å². The fourth-order valence-corrected chi connectivity index (χ4v) is 5.28. The number of hydrogen-bond donors (Lipinski definition) is 0. The molecule has 0 bridgehead atoms. The number of nitrogens with zero attached hydrogens (tertiary/aromatic N) is 1. The van der Waals surface area contributed by atoms with Crippen LogP contribution in [0.3, 0.4) is 0 Å². The summed E-state index contributed by atoms with van der Waals surface area (Å²) in [7, 11) is -3.32. The summed E-state index contributed by atoms with van der Waals surface area (Å²) in [5.41, 5.74) is 0. The summed E-state index contributed by atoms with van der Waals surface area (Å²) < 4.78 is 27.8. The molecule has 16 heavy (non-hydrogen) atoms. The summed E-state index contributed by atoms with van der Waals surface area (Å²) >= 11 is 4.26. The second-order valence-corrected chi connectivity index (χ2v) is 7.62. The molecule has 0 aliphatic carbocycles. The fraction of sp³-hybridized carbons (Fsp3) is 0.400. The summed E-state index contributed by atoms with van der Waals surface area (Å²) in [5.74, 6) is 0. The molecule has 0 saturated carbocycles. The first-order valence-corrected chi connectivity index (χ1v) is 8.47. The molecule has 0 fully saturated rings. The van der Waals surface area contributed by atoms with Gasteiger partial charge in [-0.1, -0.05) is 13.8 Å². The molecular weight excluding hydrogens is 452 g/mol. The number of benzene rings is 1. The van der Waals surface area contributed by atoms with Crippen molar-refractivity contribution in [1.29, 1.82) is 0 Å². The van der Waals surface area contributed by atoms with Gasteiger partial charge in [-0.05, 0) is 63.4 Å². The molecule has 1 aromatic rings. The van der Waals surface area contributed by atoms with Crippen molar-refractivity contribution in [2.45, 2.75) is 18.7 Å². The third-order valence-electron chi connectivity index (χ3n) is 2.18. The van der Waals surface area contributed by atoms with Gasteiger partial charge >= 0.3 is 0 Å². The van der Waals surface area contributed by atoms with E-state index >= 15 is 0 Å². The third kappa shape index (κ3) is 3.30. The van der Waals surface area contributed by atoms with E-state index in [1.54, 1.807) is 12.1 Å². The zero-order valence-corrected chi connectivity index (χ0v) is 14.2. The van der Waals surface area contributed by atoms with E-state index in [0.717, 1.165) is 7.14 Å². The first-order valence-electron chi connectivity index (χ1n) is 4.88. The lowest BCUT2D eigenvalue weighted by molar-refractivity contribution is 0.445. The van der Waals surface area contributed by atoms with E-state index in [-0.39, 0.29) is 0 Å². The third-order valence-corrected chi connectivity index (χ3v) is 5.45. The van der Waals surface area contributed by atoms with Crippen molar-refractivity contribution in [3.05, 3.63) is 25.3 Å². The van der Waals surface area contributed by atoms with Gasteiger partial charge in [0.15, 0.2) is 0 Å². The van der Waals surface area contributed by atoms with E-state index in [2.05, 4.69) is 45.2 Å². The molecule has 90 valence electrons. The van der Waals surface area contributed by atoms with E-state index in [0.29, 0.717) is 18.0 Å². The summed E-state index contributed by atoms with van der Waals surface area (Å²) in [6.07, 6.45) is 0. The quantitative estimate of drug-likeness (QED) is 0.642. The van der Waals surface area contributed by atoms with Crippen molar-refractivity contribution < 1.29 is 8.42 Å². The summed E-state index contributed by atoms with van der Waals surface area (Å²) in [4.78, 5) is 0.382. The van der Waals surface area contributed by atoms with Crippen LogP contribution >= 0.6 is 45.2 Å². The van der Waals surface area contributed by atoms with Crippen molar-refractivity contribution in [2.75, 3.05) is 13.1 Å². The maximum Gasteiger partial charge on any atom is 0.243 e. The summed E-state index contributed by atoms with van der Waals surface area (Å²) in [5, 5.41) is 0. The predicted octanol–water partition coefficient (Wildman–Crippen LogP) is 2.93. The average molecular weight is 465 g/mol. The van der Waals surface area contributed by atoms with Crippen LogP contribution in [0.25, 0.3) is 0 Å². The minimum atomic E-state index is -3.32. The van der Waals surface area contributed by atoms with Crippen LogP contribution in [0, 0.1) is 7.14 Å². The number of sulfonamides is 1. The molecule has 1 rings (SSSR count). The normalized spacial score (nSPS) is 12.1. The lowest BCUT2D eigenvalue weighted by Gasteiger charge is -2.18. The van der Waals surface area contributed by atoms with Crippen LogP contribution in [0.2, 0.25) is 0 Å². The molecule has 0 aliphatic heterocycles. The molecule has 0 N–H and O–H groups in total.